The average Bonchev–Trinajstić information content (AvgIpc) is 2.19. The summed E-state index contributed by atoms with van der Waals surface area (Å²) < 4.78 is 27.3. The van der Waals surface area contributed by atoms with Crippen molar-refractivity contribution >= 4 is 20.2 Å². The molecule has 0 atom stereocenters. The molecule has 0 saturated carbocycles. The predicted octanol–water partition coefficient (Wildman–Crippen LogP) is 2.91. The highest BCUT2D eigenvalue weighted by Crippen LogP contribution is 2.57. The number of nitriles is 1. The second-order valence-corrected chi connectivity index (χ2v) is 4.90. The molecule has 0 heterocycles. The average molecular weight is 265 g/mol. The summed E-state index contributed by atoms with van der Waals surface area (Å²) in [7, 11) is -3.60. The lowest BCUT2D eigenvalue weighted by molar-refractivity contribution is 0.222. The molecule has 0 aliphatic rings. The Morgan fingerprint density at radius 1 is 1.25 bits per heavy atom. The molecular formula is C9H16NO4PS. The third-order valence-electron chi connectivity index (χ3n) is 1.46. The van der Waals surface area contributed by atoms with E-state index in [4.69, 9.17) is 19.0 Å². The summed E-state index contributed by atoms with van der Waals surface area (Å²) in [5, 5.41) is 8.73. The predicted molar refractivity (Wildman–Crippen MR) is 64.1 cm³/mol. The van der Waals surface area contributed by atoms with Crippen LogP contribution in [0.1, 0.15) is 20.8 Å². The minimum Gasteiger partial charge on any atom is -0.486 e. The van der Waals surface area contributed by atoms with Gasteiger partial charge in [0.1, 0.15) is 6.07 Å². The molecule has 0 rings (SSSR count). The molecule has 0 radical (unpaired) electrons. The van der Waals surface area contributed by atoms with E-state index in [1.54, 1.807) is 26.8 Å². The molecule has 0 unspecified atom stereocenters. The number of ether oxygens (including phenoxy) is 1. The van der Waals surface area contributed by atoms with E-state index in [0.29, 0.717) is 6.61 Å². The first-order chi connectivity index (χ1) is 7.55. The van der Waals surface area contributed by atoms with Gasteiger partial charge in [-0.05, 0) is 20.8 Å². The van der Waals surface area contributed by atoms with Gasteiger partial charge < -0.3 is 13.8 Å². The van der Waals surface area contributed by atoms with Crippen molar-refractivity contribution in [1.29, 1.82) is 5.26 Å². The third kappa shape index (κ3) is 4.18. The number of rotatable bonds is 7. The largest absolute Gasteiger partial charge is 0.486 e. The Morgan fingerprint density at radius 2 is 1.75 bits per heavy atom. The molecule has 0 aromatic heterocycles. The molecule has 0 fully saturated rings. The first kappa shape index (κ1) is 15.5. The van der Waals surface area contributed by atoms with Gasteiger partial charge >= 0.3 is 7.60 Å². The van der Waals surface area contributed by atoms with Crippen LogP contribution in [0.3, 0.4) is 0 Å². The molecule has 0 saturated heterocycles. The summed E-state index contributed by atoms with van der Waals surface area (Å²) >= 11 is 3.97. The highest BCUT2D eigenvalue weighted by Gasteiger charge is 2.33. The maximum atomic E-state index is 12.2. The van der Waals surface area contributed by atoms with E-state index in [1.165, 1.54) is 0 Å². The van der Waals surface area contributed by atoms with Gasteiger partial charge in [0.15, 0.2) is 10.4 Å². The lowest BCUT2D eigenvalue weighted by atomic mass is 10.7. The van der Waals surface area contributed by atoms with Crippen molar-refractivity contribution in [2.45, 2.75) is 20.8 Å². The fourth-order valence-electron chi connectivity index (χ4n) is 0.938. The number of hydrogen-bond acceptors (Lipinski definition) is 6. The van der Waals surface area contributed by atoms with E-state index in [9.17, 15) is 4.57 Å². The third-order valence-corrected chi connectivity index (χ3v) is 4.04. The Balaban J connectivity index is 5.24. The van der Waals surface area contributed by atoms with Crippen LogP contribution < -0.4 is 0 Å². The summed E-state index contributed by atoms with van der Waals surface area (Å²) in [6.07, 6.45) is 0. The maximum Gasteiger partial charge on any atom is 0.376 e. The van der Waals surface area contributed by atoms with Gasteiger partial charge in [-0.15, -0.1) is 12.6 Å². The first-order valence-corrected chi connectivity index (χ1v) is 6.90. The monoisotopic (exact) mass is 265 g/mol. The van der Waals surface area contributed by atoms with Crippen molar-refractivity contribution in [3.05, 3.63) is 10.4 Å². The standard InChI is InChI=1S/C9H16NO4PS/c1-4-12-9(16)8(7-10)15(11,13-5-2)14-6-3/h16H,4-6H2,1-3H3/b9-8-. The fourth-order valence-corrected chi connectivity index (χ4v) is 2.92. The van der Waals surface area contributed by atoms with E-state index in [0.717, 1.165) is 0 Å². The van der Waals surface area contributed by atoms with Crippen LogP contribution in [-0.2, 0) is 18.3 Å². The highest BCUT2D eigenvalue weighted by atomic mass is 32.1. The fraction of sp³-hybridized carbons (Fsp3) is 0.667. The smallest absolute Gasteiger partial charge is 0.376 e. The number of hydrogen-bond donors (Lipinski definition) is 1. The van der Waals surface area contributed by atoms with Gasteiger partial charge in [-0.1, -0.05) is 0 Å². The zero-order valence-electron chi connectivity index (χ0n) is 9.60. The molecule has 0 spiro atoms. The van der Waals surface area contributed by atoms with Crippen LogP contribution in [0.15, 0.2) is 10.4 Å². The lowest BCUT2D eigenvalue weighted by Crippen LogP contribution is -2.00. The van der Waals surface area contributed by atoms with Gasteiger partial charge in [0.2, 0.25) is 0 Å². The molecule has 0 aromatic carbocycles. The minimum atomic E-state index is -3.60. The van der Waals surface area contributed by atoms with E-state index in [1.807, 2.05) is 0 Å². The highest BCUT2D eigenvalue weighted by molar-refractivity contribution is 7.84. The molecule has 0 aromatic rings. The maximum absolute atomic E-state index is 12.2. The van der Waals surface area contributed by atoms with Crippen molar-refractivity contribution in [1.82, 2.24) is 0 Å². The van der Waals surface area contributed by atoms with Gasteiger partial charge in [0.25, 0.3) is 0 Å². The van der Waals surface area contributed by atoms with Gasteiger partial charge in [-0.2, -0.15) is 5.26 Å². The normalized spacial score (nSPS) is 12.9. The lowest BCUT2D eigenvalue weighted by Gasteiger charge is -2.17. The van der Waals surface area contributed by atoms with Crippen LogP contribution in [0.4, 0.5) is 0 Å². The second kappa shape index (κ2) is 7.75. The second-order valence-electron chi connectivity index (χ2n) is 2.53. The SMILES string of the molecule is CCO/C(S)=C(\C#N)P(=O)(OCC)OCC. The van der Waals surface area contributed by atoms with Crippen molar-refractivity contribution in [2.75, 3.05) is 19.8 Å². The number of thiol groups is 1. The van der Waals surface area contributed by atoms with Crippen LogP contribution in [0.5, 0.6) is 0 Å². The van der Waals surface area contributed by atoms with E-state index < -0.39 is 7.60 Å². The summed E-state index contributed by atoms with van der Waals surface area (Å²) in [4.78, 5) is 0. The van der Waals surface area contributed by atoms with Crippen molar-refractivity contribution in [2.24, 2.45) is 0 Å². The Hall–Kier alpha value is -0.470. The summed E-state index contributed by atoms with van der Waals surface area (Å²) in [5.41, 5.74) is 0. The zero-order chi connectivity index (χ0) is 12.6. The topological polar surface area (TPSA) is 68.5 Å². The van der Waals surface area contributed by atoms with Crippen LogP contribution >= 0.6 is 20.2 Å². The Morgan fingerprint density at radius 3 is 2.06 bits per heavy atom. The van der Waals surface area contributed by atoms with Crippen LogP contribution in [0.2, 0.25) is 0 Å². The molecule has 5 nitrogen and oxygen atoms in total. The quantitative estimate of drug-likeness (QED) is 0.332. The number of nitrogens with zero attached hydrogens (tertiary/aromatic N) is 1. The van der Waals surface area contributed by atoms with E-state index in [2.05, 4.69) is 12.6 Å². The summed E-state index contributed by atoms with van der Waals surface area (Å²) in [6, 6.07) is 1.76. The van der Waals surface area contributed by atoms with Crippen LogP contribution in [0.25, 0.3) is 0 Å². The molecule has 0 N–H and O–H groups in total. The molecule has 0 aliphatic carbocycles. The van der Waals surface area contributed by atoms with Gasteiger partial charge in [0, 0.05) is 0 Å². The van der Waals surface area contributed by atoms with Crippen LogP contribution in [0, 0.1) is 11.3 Å². The van der Waals surface area contributed by atoms with E-state index >= 15 is 0 Å². The molecular weight excluding hydrogens is 249 g/mol. The summed E-state index contributed by atoms with van der Waals surface area (Å²) in [6.45, 7) is 5.74. The Labute approximate surface area is 101 Å². The first-order valence-electron chi connectivity index (χ1n) is 4.91. The van der Waals surface area contributed by atoms with Gasteiger partial charge in [0.05, 0.1) is 19.8 Å². The van der Waals surface area contributed by atoms with Crippen LogP contribution in [-0.4, -0.2) is 19.8 Å². The molecule has 0 bridgehead atoms. The summed E-state index contributed by atoms with van der Waals surface area (Å²) in [5.74, 6) is 0. The molecule has 0 aliphatic heterocycles. The molecule has 16 heavy (non-hydrogen) atoms. The zero-order valence-corrected chi connectivity index (χ0v) is 11.4. The van der Waals surface area contributed by atoms with E-state index in [-0.39, 0.29) is 23.6 Å². The van der Waals surface area contributed by atoms with Crippen molar-refractivity contribution in [3.63, 3.8) is 0 Å². The van der Waals surface area contributed by atoms with Gasteiger partial charge in [-0.3, -0.25) is 4.57 Å². The minimum absolute atomic E-state index is 0.0183. The number of allylic oxidation sites excluding steroid dienone is 1. The van der Waals surface area contributed by atoms with Crippen molar-refractivity contribution in [3.8, 4) is 6.07 Å². The molecule has 0 amide bonds. The Kier molecular flexibility index (Phi) is 7.52. The van der Waals surface area contributed by atoms with Crippen molar-refractivity contribution < 1.29 is 18.3 Å². The molecule has 92 valence electrons. The molecule has 7 heteroatoms. The Bertz CT molecular complexity index is 327. The van der Waals surface area contributed by atoms with Gasteiger partial charge in [-0.25, -0.2) is 0 Å².